The molecule has 0 spiro atoms. The van der Waals surface area contributed by atoms with Crippen LogP contribution in [0.3, 0.4) is 0 Å². The standard InChI is InChI=1S/C17H14BrNO2S/c1-10-3-5-15-13(7-10)19-16(22-15)6-4-11-8-12(18)17(20)14(9-11)21-2/h3-9,20H,1-2H3/b6-4+. The highest BCUT2D eigenvalue weighted by Gasteiger charge is 2.07. The Hall–Kier alpha value is -1.85. The van der Waals surface area contributed by atoms with Gasteiger partial charge in [-0.3, -0.25) is 0 Å². The van der Waals surface area contributed by atoms with Gasteiger partial charge >= 0.3 is 0 Å². The molecule has 0 saturated heterocycles. The van der Waals surface area contributed by atoms with Crippen LogP contribution in [0.1, 0.15) is 16.1 Å². The molecule has 3 nitrogen and oxygen atoms in total. The fourth-order valence-corrected chi connectivity index (χ4v) is 3.45. The molecule has 0 amide bonds. The van der Waals surface area contributed by atoms with Crippen LogP contribution in [-0.2, 0) is 0 Å². The summed E-state index contributed by atoms with van der Waals surface area (Å²) >= 11 is 4.98. The van der Waals surface area contributed by atoms with Crippen LogP contribution in [0.4, 0.5) is 0 Å². The van der Waals surface area contributed by atoms with Gasteiger partial charge in [0.1, 0.15) is 5.01 Å². The second kappa shape index (κ2) is 6.10. The van der Waals surface area contributed by atoms with Gasteiger partial charge in [-0.25, -0.2) is 4.98 Å². The lowest BCUT2D eigenvalue weighted by atomic mass is 10.2. The molecule has 3 rings (SSSR count). The van der Waals surface area contributed by atoms with Crippen molar-refractivity contribution in [2.24, 2.45) is 0 Å². The van der Waals surface area contributed by atoms with E-state index < -0.39 is 0 Å². The molecular weight excluding hydrogens is 362 g/mol. The summed E-state index contributed by atoms with van der Waals surface area (Å²) in [4.78, 5) is 4.61. The third kappa shape index (κ3) is 3.00. The van der Waals surface area contributed by atoms with E-state index in [1.807, 2.05) is 18.2 Å². The molecule has 0 unspecified atom stereocenters. The number of aromatic hydroxyl groups is 1. The zero-order valence-corrected chi connectivity index (χ0v) is 14.5. The number of nitrogens with zero attached hydrogens (tertiary/aromatic N) is 1. The van der Waals surface area contributed by atoms with Gasteiger partial charge in [0.05, 0.1) is 21.8 Å². The third-order valence-electron chi connectivity index (χ3n) is 3.25. The van der Waals surface area contributed by atoms with Crippen LogP contribution in [0, 0.1) is 6.92 Å². The first-order chi connectivity index (χ1) is 10.6. The molecule has 0 aliphatic carbocycles. The molecule has 0 atom stereocenters. The number of methoxy groups -OCH3 is 1. The van der Waals surface area contributed by atoms with Gasteiger partial charge in [-0.15, -0.1) is 11.3 Å². The first-order valence-corrected chi connectivity index (χ1v) is 8.29. The maximum Gasteiger partial charge on any atom is 0.172 e. The van der Waals surface area contributed by atoms with Crippen molar-refractivity contribution in [3.63, 3.8) is 0 Å². The van der Waals surface area contributed by atoms with Crippen LogP contribution in [0.2, 0.25) is 0 Å². The minimum absolute atomic E-state index is 0.107. The Morgan fingerprint density at radius 2 is 2.05 bits per heavy atom. The van der Waals surface area contributed by atoms with E-state index in [2.05, 4.69) is 46.0 Å². The predicted molar refractivity (Wildman–Crippen MR) is 95.6 cm³/mol. The smallest absolute Gasteiger partial charge is 0.172 e. The topological polar surface area (TPSA) is 42.4 Å². The van der Waals surface area contributed by atoms with Gasteiger partial charge in [0.15, 0.2) is 11.5 Å². The number of aryl methyl sites for hydroxylation is 1. The molecule has 1 N–H and O–H groups in total. The molecule has 5 heteroatoms. The maximum atomic E-state index is 9.82. The summed E-state index contributed by atoms with van der Waals surface area (Å²) in [6, 6.07) is 9.90. The lowest BCUT2D eigenvalue weighted by molar-refractivity contribution is 0.372. The minimum Gasteiger partial charge on any atom is -0.503 e. The average molecular weight is 376 g/mol. The number of rotatable bonds is 3. The lowest BCUT2D eigenvalue weighted by Gasteiger charge is -2.06. The third-order valence-corrected chi connectivity index (χ3v) is 4.85. The molecule has 0 fully saturated rings. The molecule has 1 aromatic heterocycles. The van der Waals surface area contributed by atoms with Crippen molar-refractivity contribution in [2.75, 3.05) is 7.11 Å². The van der Waals surface area contributed by atoms with Crippen LogP contribution in [-0.4, -0.2) is 17.2 Å². The fraction of sp³-hybridized carbons (Fsp3) is 0.118. The highest BCUT2D eigenvalue weighted by molar-refractivity contribution is 9.10. The van der Waals surface area contributed by atoms with E-state index in [0.717, 1.165) is 16.1 Å². The van der Waals surface area contributed by atoms with Gasteiger partial charge in [-0.05, 0) is 64.3 Å². The molecule has 3 aromatic rings. The molecule has 0 radical (unpaired) electrons. The predicted octanol–water partition coefficient (Wildman–Crippen LogP) is 5.25. The summed E-state index contributed by atoms with van der Waals surface area (Å²) in [5.41, 5.74) is 3.16. The van der Waals surface area contributed by atoms with E-state index >= 15 is 0 Å². The Morgan fingerprint density at radius 3 is 2.82 bits per heavy atom. The van der Waals surface area contributed by atoms with Crippen molar-refractivity contribution in [2.45, 2.75) is 6.92 Å². The number of halogens is 1. The van der Waals surface area contributed by atoms with Crippen molar-refractivity contribution in [3.05, 3.63) is 50.9 Å². The van der Waals surface area contributed by atoms with E-state index in [9.17, 15) is 5.11 Å². The summed E-state index contributed by atoms with van der Waals surface area (Å²) in [6.07, 6.45) is 3.93. The molecular formula is C17H14BrNO2S. The Morgan fingerprint density at radius 1 is 1.23 bits per heavy atom. The second-order valence-corrected chi connectivity index (χ2v) is 6.83. The number of phenolic OH excluding ortho intramolecular Hbond substituents is 1. The Bertz CT molecular complexity index is 870. The number of hydrogen-bond acceptors (Lipinski definition) is 4. The second-order valence-electron chi connectivity index (χ2n) is 4.91. The Labute approximate surface area is 141 Å². The van der Waals surface area contributed by atoms with Gasteiger partial charge in [0, 0.05) is 0 Å². The molecule has 0 aliphatic rings. The van der Waals surface area contributed by atoms with E-state index in [1.54, 1.807) is 17.4 Å². The monoisotopic (exact) mass is 375 g/mol. The summed E-state index contributed by atoms with van der Waals surface area (Å²) < 4.78 is 6.93. The highest BCUT2D eigenvalue weighted by Crippen LogP contribution is 2.35. The number of benzene rings is 2. The normalized spacial score (nSPS) is 11.4. The number of ether oxygens (including phenoxy) is 1. The van der Waals surface area contributed by atoms with Gasteiger partial charge in [0.25, 0.3) is 0 Å². The molecule has 2 aromatic carbocycles. The van der Waals surface area contributed by atoms with Crippen molar-refractivity contribution in [1.29, 1.82) is 0 Å². The van der Waals surface area contributed by atoms with Crippen molar-refractivity contribution >= 4 is 49.6 Å². The highest BCUT2D eigenvalue weighted by atomic mass is 79.9. The van der Waals surface area contributed by atoms with Crippen LogP contribution in [0.25, 0.3) is 22.4 Å². The maximum absolute atomic E-state index is 9.82. The van der Waals surface area contributed by atoms with Crippen LogP contribution >= 0.6 is 27.3 Å². The van der Waals surface area contributed by atoms with Crippen LogP contribution in [0.5, 0.6) is 11.5 Å². The molecule has 1 heterocycles. The quantitative estimate of drug-likeness (QED) is 0.679. The first-order valence-electron chi connectivity index (χ1n) is 6.68. The zero-order chi connectivity index (χ0) is 15.7. The minimum atomic E-state index is 0.107. The molecule has 0 bridgehead atoms. The number of phenols is 1. The van der Waals surface area contributed by atoms with E-state index in [0.29, 0.717) is 10.2 Å². The van der Waals surface area contributed by atoms with Gasteiger partial charge in [-0.1, -0.05) is 12.1 Å². The van der Waals surface area contributed by atoms with E-state index in [-0.39, 0.29) is 5.75 Å². The van der Waals surface area contributed by atoms with Crippen molar-refractivity contribution < 1.29 is 9.84 Å². The van der Waals surface area contributed by atoms with Crippen LogP contribution < -0.4 is 4.74 Å². The SMILES string of the molecule is COc1cc(/C=C/c2nc3cc(C)ccc3s2)cc(Br)c1O. The van der Waals surface area contributed by atoms with Gasteiger partial charge in [0.2, 0.25) is 0 Å². The van der Waals surface area contributed by atoms with Gasteiger partial charge in [-0.2, -0.15) is 0 Å². The molecule has 112 valence electrons. The molecule has 0 aliphatic heterocycles. The Kier molecular flexibility index (Phi) is 4.18. The zero-order valence-electron chi connectivity index (χ0n) is 12.1. The Balaban J connectivity index is 1.94. The molecule has 0 saturated carbocycles. The number of aromatic nitrogens is 1. The fourth-order valence-electron chi connectivity index (χ4n) is 2.14. The summed E-state index contributed by atoms with van der Waals surface area (Å²) in [5, 5.41) is 10.8. The van der Waals surface area contributed by atoms with E-state index in [1.165, 1.54) is 17.4 Å². The lowest BCUT2D eigenvalue weighted by Crippen LogP contribution is -1.85. The molecule has 22 heavy (non-hydrogen) atoms. The average Bonchev–Trinajstić information content (AvgIpc) is 2.90. The van der Waals surface area contributed by atoms with E-state index in [4.69, 9.17) is 4.74 Å². The number of thiazole rings is 1. The summed E-state index contributed by atoms with van der Waals surface area (Å²) in [5.74, 6) is 0.545. The number of hydrogen-bond donors (Lipinski definition) is 1. The van der Waals surface area contributed by atoms with Crippen LogP contribution in [0.15, 0.2) is 34.8 Å². The summed E-state index contributed by atoms with van der Waals surface area (Å²) in [6.45, 7) is 2.06. The number of fused-ring (bicyclic) bond motifs is 1. The largest absolute Gasteiger partial charge is 0.503 e. The van der Waals surface area contributed by atoms with Crippen molar-refractivity contribution in [1.82, 2.24) is 4.98 Å². The first kappa shape index (κ1) is 15.1. The van der Waals surface area contributed by atoms with Gasteiger partial charge < -0.3 is 9.84 Å². The summed E-state index contributed by atoms with van der Waals surface area (Å²) in [7, 11) is 1.53. The van der Waals surface area contributed by atoms with Crippen molar-refractivity contribution in [3.8, 4) is 11.5 Å².